The molecule has 4 rings (SSSR count). The van der Waals surface area contributed by atoms with Crippen LogP contribution in [0.5, 0.6) is 0 Å². The average Bonchev–Trinajstić information content (AvgIpc) is 3.40. The molecule has 2 fully saturated rings. The molecule has 0 aromatic carbocycles. The molecule has 1 aromatic heterocycles. The van der Waals surface area contributed by atoms with Crippen LogP contribution in [0.15, 0.2) is 40.0 Å². The van der Waals surface area contributed by atoms with Gasteiger partial charge in [-0.15, -0.1) is 0 Å². The number of amidine groups is 1. The second kappa shape index (κ2) is 9.69. The first-order valence-corrected chi connectivity index (χ1v) is 12.0. The topological polar surface area (TPSA) is 95.3 Å². The van der Waals surface area contributed by atoms with E-state index >= 15 is 0 Å². The Hall–Kier alpha value is -2.65. The van der Waals surface area contributed by atoms with Crippen LogP contribution in [0.3, 0.4) is 0 Å². The lowest BCUT2D eigenvalue weighted by Crippen LogP contribution is -2.44. The summed E-state index contributed by atoms with van der Waals surface area (Å²) in [7, 11) is 0. The number of aromatic nitrogens is 2. The van der Waals surface area contributed by atoms with E-state index in [1.165, 1.54) is 0 Å². The van der Waals surface area contributed by atoms with Crippen molar-refractivity contribution in [3.63, 3.8) is 0 Å². The zero-order valence-corrected chi connectivity index (χ0v) is 20.4. The van der Waals surface area contributed by atoms with Crippen LogP contribution in [-0.2, 0) is 0 Å². The Morgan fingerprint density at radius 2 is 2.12 bits per heavy atom. The summed E-state index contributed by atoms with van der Waals surface area (Å²) in [4.78, 5) is 22.6. The Kier molecular flexibility index (Phi) is 6.90. The second-order valence-electron chi connectivity index (χ2n) is 9.19. The van der Waals surface area contributed by atoms with E-state index in [4.69, 9.17) is 22.3 Å². The van der Waals surface area contributed by atoms with Gasteiger partial charge in [0, 0.05) is 50.2 Å². The lowest BCUT2D eigenvalue weighted by molar-refractivity contribution is 0.0647. The van der Waals surface area contributed by atoms with Crippen LogP contribution in [0, 0.1) is 0 Å². The summed E-state index contributed by atoms with van der Waals surface area (Å²) >= 11 is 6.38. The van der Waals surface area contributed by atoms with Gasteiger partial charge in [0.15, 0.2) is 5.82 Å². The number of amides is 1. The molecule has 0 radical (unpaired) electrons. The molecule has 9 nitrogen and oxygen atoms in total. The van der Waals surface area contributed by atoms with Gasteiger partial charge in [-0.1, -0.05) is 11.6 Å². The molecule has 0 aliphatic carbocycles. The minimum Gasteiger partial charge on any atom is -0.355 e. The highest BCUT2D eigenvalue weighted by molar-refractivity contribution is 6.33. The van der Waals surface area contributed by atoms with Gasteiger partial charge in [0.25, 0.3) is 5.91 Å². The maximum Gasteiger partial charge on any atom is 0.274 e. The molecular formula is C23H33ClN8O. The van der Waals surface area contributed by atoms with E-state index in [0.717, 1.165) is 50.2 Å². The van der Waals surface area contributed by atoms with Gasteiger partial charge < -0.3 is 15.5 Å². The highest BCUT2D eigenvalue weighted by Crippen LogP contribution is 2.28. The van der Waals surface area contributed by atoms with Crippen molar-refractivity contribution >= 4 is 30.1 Å². The largest absolute Gasteiger partial charge is 0.355 e. The molecule has 2 N–H and O–H groups in total. The van der Waals surface area contributed by atoms with Crippen molar-refractivity contribution in [1.29, 1.82) is 0 Å². The van der Waals surface area contributed by atoms with Crippen molar-refractivity contribution in [2.75, 3.05) is 19.6 Å². The molecule has 33 heavy (non-hydrogen) atoms. The normalized spacial score (nSPS) is 25.0. The van der Waals surface area contributed by atoms with Crippen molar-refractivity contribution in [2.45, 2.75) is 64.6 Å². The first-order chi connectivity index (χ1) is 15.8. The van der Waals surface area contributed by atoms with E-state index in [2.05, 4.69) is 21.8 Å². The molecule has 0 bridgehead atoms. The van der Waals surface area contributed by atoms with Crippen LogP contribution in [0.1, 0.15) is 63.0 Å². The summed E-state index contributed by atoms with van der Waals surface area (Å²) in [5, 5.41) is 10.5. The average molecular weight is 473 g/mol. The highest BCUT2D eigenvalue weighted by Gasteiger charge is 2.32. The zero-order chi connectivity index (χ0) is 23.7. The SMILES string of the molecule is C=NN1C=C(C)C(N2CC[C@H](N)C2)=N/C1=C/C1CCCCN1C(=O)c1c(Cl)cnn1C(C)C. The zero-order valence-electron chi connectivity index (χ0n) is 19.6. The van der Waals surface area contributed by atoms with E-state index in [1.54, 1.807) is 15.9 Å². The van der Waals surface area contributed by atoms with E-state index < -0.39 is 0 Å². The van der Waals surface area contributed by atoms with Crippen molar-refractivity contribution < 1.29 is 4.79 Å². The van der Waals surface area contributed by atoms with Crippen LogP contribution in [0.25, 0.3) is 0 Å². The summed E-state index contributed by atoms with van der Waals surface area (Å²) in [6.07, 6.45) is 9.27. The van der Waals surface area contributed by atoms with E-state index in [-0.39, 0.29) is 24.0 Å². The molecular weight excluding hydrogens is 440 g/mol. The molecule has 3 aliphatic heterocycles. The van der Waals surface area contributed by atoms with Crippen molar-refractivity contribution in [3.8, 4) is 0 Å². The van der Waals surface area contributed by atoms with Gasteiger partial charge in [-0.3, -0.25) is 9.48 Å². The lowest BCUT2D eigenvalue weighted by atomic mass is 10.0. The number of nitrogens with zero attached hydrogens (tertiary/aromatic N) is 7. The van der Waals surface area contributed by atoms with Gasteiger partial charge in [0.05, 0.1) is 17.3 Å². The van der Waals surface area contributed by atoms with Gasteiger partial charge in [0.2, 0.25) is 0 Å². The molecule has 178 valence electrons. The van der Waals surface area contributed by atoms with Gasteiger partial charge in [-0.2, -0.15) is 10.2 Å². The number of hydrogen-bond donors (Lipinski definition) is 1. The van der Waals surface area contributed by atoms with Gasteiger partial charge in [0.1, 0.15) is 11.5 Å². The first kappa shape index (κ1) is 23.5. The number of carbonyl (C=O) groups is 1. The quantitative estimate of drug-likeness (QED) is 0.679. The van der Waals surface area contributed by atoms with Crippen LogP contribution in [-0.4, -0.2) is 74.8 Å². The number of likely N-dealkylation sites (tertiary alicyclic amines) is 2. The van der Waals surface area contributed by atoms with Gasteiger partial charge >= 0.3 is 0 Å². The third-order valence-corrected chi connectivity index (χ3v) is 6.67. The summed E-state index contributed by atoms with van der Waals surface area (Å²) in [5.41, 5.74) is 7.57. The third kappa shape index (κ3) is 4.70. The number of hydrazone groups is 1. The third-order valence-electron chi connectivity index (χ3n) is 6.39. The Balaban J connectivity index is 1.66. The predicted molar refractivity (Wildman–Crippen MR) is 131 cm³/mol. The second-order valence-corrected chi connectivity index (χ2v) is 9.60. The molecule has 1 amide bonds. The fourth-order valence-corrected chi connectivity index (χ4v) is 4.92. The molecule has 1 unspecified atom stereocenters. The fraction of sp³-hybridized carbons (Fsp3) is 0.565. The minimum absolute atomic E-state index is 0.0314. The van der Waals surface area contributed by atoms with Crippen molar-refractivity contribution in [1.82, 2.24) is 24.6 Å². The summed E-state index contributed by atoms with van der Waals surface area (Å²) in [6.45, 7) is 12.0. The first-order valence-electron chi connectivity index (χ1n) is 11.6. The highest BCUT2D eigenvalue weighted by atomic mass is 35.5. The number of halogens is 1. The van der Waals surface area contributed by atoms with Crippen LogP contribution in [0.4, 0.5) is 0 Å². The van der Waals surface area contributed by atoms with E-state index in [9.17, 15) is 4.79 Å². The number of piperidine rings is 1. The van der Waals surface area contributed by atoms with Crippen molar-refractivity contribution in [2.24, 2.45) is 15.8 Å². The number of hydrogen-bond acceptors (Lipinski definition) is 7. The number of nitrogens with two attached hydrogens (primary N) is 1. The van der Waals surface area contributed by atoms with Crippen LogP contribution < -0.4 is 5.73 Å². The minimum atomic E-state index is -0.130. The summed E-state index contributed by atoms with van der Waals surface area (Å²) in [5.74, 6) is 1.46. The maximum absolute atomic E-state index is 13.6. The number of rotatable bonds is 4. The Bertz CT molecular complexity index is 1010. The van der Waals surface area contributed by atoms with Gasteiger partial charge in [-0.25, -0.2) is 10.0 Å². The van der Waals surface area contributed by atoms with E-state index in [1.807, 2.05) is 37.9 Å². The lowest BCUT2D eigenvalue weighted by Gasteiger charge is -2.35. The monoisotopic (exact) mass is 472 g/mol. The smallest absolute Gasteiger partial charge is 0.274 e. The standard InChI is InChI=1S/C23H33ClN8O/c1-15(2)32-21(19(24)12-27-32)23(33)30-9-6-5-7-18(30)11-20-28-22(16(3)13-31(20)26-4)29-10-8-17(25)14-29/h11-13,15,17-18H,4-10,14,25H2,1-3H3/b20-11-/t17-,18?/m0/s1. The molecule has 0 spiro atoms. The molecule has 2 saturated heterocycles. The van der Waals surface area contributed by atoms with Crippen LogP contribution in [0.2, 0.25) is 5.02 Å². The molecule has 0 saturated carbocycles. The number of carbonyl (C=O) groups excluding carboxylic acids is 1. The molecule has 2 atom stereocenters. The Morgan fingerprint density at radius 3 is 2.79 bits per heavy atom. The fourth-order valence-electron chi connectivity index (χ4n) is 4.71. The molecule has 3 aliphatic rings. The molecule has 10 heteroatoms. The van der Waals surface area contributed by atoms with Crippen LogP contribution >= 0.6 is 11.6 Å². The Labute approximate surface area is 200 Å². The maximum atomic E-state index is 13.6. The number of aliphatic imine (C=N–C) groups is 1. The van der Waals surface area contributed by atoms with Crippen molar-refractivity contribution in [3.05, 3.63) is 40.6 Å². The Morgan fingerprint density at radius 1 is 1.33 bits per heavy atom. The van der Waals surface area contributed by atoms with E-state index in [0.29, 0.717) is 23.1 Å². The molecule has 4 heterocycles. The predicted octanol–water partition coefficient (Wildman–Crippen LogP) is 3.22. The molecule has 1 aromatic rings. The summed E-state index contributed by atoms with van der Waals surface area (Å²) < 4.78 is 1.70. The summed E-state index contributed by atoms with van der Waals surface area (Å²) in [6, 6.07) is 0.0594. The van der Waals surface area contributed by atoms with Gasteiger partial charge in [-0.05, 0) is 52.5 Å².